The van der Waals surface area contributed by atoms with E-state index in [1.807, 2.05) is 50.2 Å². The van der Waals surface area contributed by atoms with Gasteiger partial charge in [0, 0.05) is 23.2 Å². The fourth-order valence-electron chi connectivity index (χ4n) is 4.01. The summed E-state index contributed by atoms with van der Waals surface area (Å²) in [6.45, 7) is 4.27. The van der Waals surface area contributed by atoms with Crippen molar-refractivity contribution in [3.63, 3.8) is 0 Å². The summed E-state index contributed by atoms with van der Waals surface area (Å²) in [5.41, 5.74) is 4.74. The fraction of sp³-hybridized carbons (Fsp3) is 0.192. The number of halogens is 3. The number of carboxylic acids is 1. The van der Waals surface area contributed by atoms with E-state index in [9.17, 15) is 18.0 Å². The smallest absolute Gasteiger partial charge is 0.418 e. The number of aliphatic carboxylic acids is 1. The number of hydrogen-bond donors (Lipinski definition) is 2. The number of rotatable bonds is 6. The van der Waals surface area contributed by atoms with Crippen molar-refractivity contribution >= 4 is 22.6 Å². The monoisotopic (exact) mass is 465 g/mol. The van der Waals surface area contributed by atoms with E-state index in [0.29, 0.717) is 17.5 Å². The second-order valence-electron chi connectivity index (χ2n) is 8.18. The Labute approximate surface area is 194 Å². The molecule has 4 aromatic rings. The minimum atomic E-state index is -4.52. The highest BCUT2D eigenvalue weighted by Gasteiger charge is 2.33. The normalized spacial score (nSPS) is 11.6. The van der Waals surface area contributed by atoms with Gasteiger partial charge >= 0.3 is 12.1 Å². The van der Waals surface area contributed by atoms with Gasteiger partial charge in [-0.25, -0.2) is 0 Å². The zero-order valence-electron chi connectivity index (χ0n) is 18.6. The summed E-state index contributed by atoms with van der Waals surface area (Å²) in [5.74, 6) is -0.875. The fourth-order valence-corrected chi connectivity index (χ4v) is 4.01. The summed E-state index contributed by atoms with van der Waals surface area (Å²) in [6.07, 6.45) is -3.07. The van der Waals surface area contributed by atoms with Crippen LogP contribution in [0.15, 0.2) is 60.8 Å². The Bertz CT molecular complexity index is 1380. The Kier molecular flexibility index (Phi) is 6.24. The Morgan fingerprint density at radius 1 is 1.03 bits per heavy atom. The highest BCUT2D eigenvalue weighted by atomic mass is 19.4. The molecule has 2 N–H and O–H groups in total. The molecule has 3 aromatic carbocycles. The van der Waals surface area contributed by atoms with Crippen LogP contribution in [0.5, 0.6) is 0 Å². The van der Waals surface area contributed by atoms with Crippen LogP contribution < -0.4 is 5.32 Å². The maximum atomic E-state index is 13.4. The summed E-state index contributed by atoms with van der Waals surface area (Å²) in [4.78, 5) is 11.0. The Morgan fingerprint density at radius 3 is 2.53 bits per heavy atom. The van der Waals surface area contributed by atoms with Crippen LogP contribution >= 0.6 is 0 Å². The number of aryl methyl sites for hydroxylation is 2. The summed E-state index contributed by atoms with van der Waals surface area (Å²) < 4.78 is 40.3. The van der Waals surface area contributed by atoms with Gasteiger partial charge in [-0.2, -0.15) is 18.3 Å². The standard InChI is InChI=1S/C26H22F3N3O2/c1-15-10-23(16(2)9-19(15)12-24(33)34)30-13-17-5-3-6-18(11-17)21-14-31-32-25-20(21)7-4-8-22(25)26(27,28)29/h3-11,14,30H,12-13H2,1-2H3,(H,33,34). The van der Waals surface area contributed by atoms with Crippen molar-refractivity contribution in [2.24, 2.45) is 0 Å². The first-order valence-corrected chi connectivity index (χ1v) is 10.6. The van der Waals surface area contributed by atoms with Crippen molar-refractivity contribution in [1.82, 2.24) is 10.2 Å². The molecule has 1 heterocycles. The third kappa shape index (κ3) is 4.85. The van der Waals surface area contributed by atoms with E-state index >= 15 is 0 Å². The first-order chi connectivity index (χ1) is 16.1. The average Bonchev–Trinajstić information content (AvgIpc) is 2.78. The number of fused-ring (bicyclic) bond motifs is 1. The van der Waals surface area contributed by atoms with Crippen molar-refractivity contribution in [2.75, 3.05) is 5.32 Å². The molecule has 5 nitrogen and oxygen atoms in total. The first-order valence-electron chi connectivity index (χ1n) is 10.6. The lowest BCUT2D eigenvalue weighted by molar-refractivity contribution is -0.137. The molecule has 0 spiro atoms. The van der Waals surface area contributed by atoms with Crippen molar-refractivity contribution in [3.05, 3.63) is 88.6 Å². The Morgan fingerprint density at radius 2 is 1.79 bits per heavy atom. The van der Waals surface area contributed by atoms with E-state index in [4.69, 9.17) is 5.11 Å². The molecule has 4 rings (SSSR count). The number of carboxylic acid groups (broad SMARTS) is 1. The van der Waals surface area contributed by atoms with Gasteiger partial charge in [0.05, 0.1) is 18.2 Å². The van der Waals surface area contributed by atoms with E-state index in [1.54, 1.807) is 6.07 Å². The summed E-state index contributed by atoms with van der Waals surface area (Å²) >= 11 is 0. The van der Waals surface area contributed by atoms with Crippen LogP contribution in [0.4, 0.5) is 18.9 Å². The first kappa shape index (κ1) is 23.2. The van der Waals surface area contributed by atoms with E-state index < -0.39 is 17.7 Å². The van der Waals surface area contributed by atoms with E-state index in [-0.39, 0.29) is 11.9 Å². The Hall–Kier alpha value is -3.94. The predicted octanol–water partition coefficient (Wildman–Crippen LogP) is 6.17. The van der Waals surface area contributed by atoms with Crippen LogP contribution in [-0.2, 0) is 23.9 Å². The zero-order valence-corrected chi connectivity index (χ0v) is 18.6. The number of benzene rings is 3. The molecule has 0 radical (unpaired) electrons. The number of nitrogens with zero attached hydrogens (tertiary/aromatic N) is 2. The quantitative estimate of drug-likeness (QED) is 0.356. The number of carbonyl (C=O) groups is 1. The van der Waals surface area contributed by atoms with Crippen LogP contribution in [0.25, 0.3) is 22.0 Å². The molecular formula is C26H22F3N3O2. The van der Waals surface area contributed by atoms with Crippen LogP contribution in [0.1, 0.15) is 27.8 Å². The van der Waals surface area contributed by atoms with E-state index in [2.05, 4.69) is 15.5 Å². The molecule has 0 aliphatic rings. The van der Waals surface area contributed by atoms with Crippen molar-refractivity contribution in [1.29, 1.82) is 0 Å². The third-order valence-electron chi connectivity index (χ3n) is 5.72. The molecule has 34 heavy (non-hydrogen) atoms. The highest BCUT2D eigenvalue weighted by Crippen LogP contribution is 2.36. The van der Waals surface area contributed by atoms with Gasteiger partial charge in [-0.05, 0) is 59.9 Å². The van der Waals surface area contributed by atoms with Crippen LogP contribution in [-0.4, -0.2) is 21.3 Å². The van der Waals surface area contributed by atoms with Crippen LogP contribution in [0.2, 0.25) is 0 Å². The molecule has 0 atom stereocenters. The lowest BCUT2D eigenvalue weighted by Crippen LogP contribution is -2.07. The SMILES string of the molecule is Cc1cc(NCc2cccc(-c3cnnc4c(C(F)(F)F)cccc34)c2)c(C)cc1CC(=O)O. The largest absolute Gasteiger partial charge is 0.481 e. The van der Waals surface area contributed by atoms with Crippen molar-refractivity contribution < 1.29 is 23.1 Å². The predicted molar refractivity (Wildman–Crippen MR) is 125 cm³/mol. The highest BCUT2D eigenvalue weighted by molar-refractivity contribution is 5.95. The number of hydrogen-bond acceptors (Lipinski definition) is 4. The average molecular weight is 465 g/mol. The minimum Gasteiger partial charge on any atom is -0.481 e. The third-order valence-corrected chi connectivity index (χ3v) is 5.72. The molecular weight excluding hydrogens is 443 g/mol. The zero-order chi connectivity index (χ0) is 24.5. The maximum Gasteiger partial charge on any atom is 0.418 e. The maximum absolute atomic E-state index is 13.4. The Balaban J connectivity index is 1.62. The van der Waals surface area contributed by atoms with Crippen LogP contribution in [0, 0.1) is 13.8 Å². The van der Waals surface area contributed by atoms with E-state index in [0.717, 1.165) is 39.6 Å². The van der Waals surface area contributed by atoms with Gasteiger partial charge in [-0.3, -0.25) is 4.79 Å². The number of nitrogens with one attached hydrogen (secondary N) is 1. The molecule has 0 fully saturated rings. The van der Waals surface area contributed by atoms with Gasteiger partial charge in [0.2, 0.25) is 0 Å². The van der Waals surface area contributed by atoms with Gasteiger partial charge < -0.3 is 10.4 Å². The lowest BCUT2D eigenvalue weighted by atomic mass is 9.98. The molecule has 8 heteroatoms. The second kappa shape index (κ2) is 9.13. The van der Waals surface area contributed by atoms with Crippen LogP contribution in [0.3, 0.4) is 0 Å². The summed E-state index contributed by atoms with van der Waals surface area (Å²) in [6, 6.07) is 15.3. The van der Waals surface area contributed by atoms with Gasteiger partial charge in [-0.1, -0.05) is 36.4 Å². The van der Waals surface area contributed by atoms with Gasteiger partial charge in [0.15, 0.2) is 0 Å². The second-order valence-corrected chi connectivity index (χ2v) is 8.18. The molecule has 1 aromatic heterocycles. The number of alkyl halides is 3. The van der Waals surface area contributed by atoms with Gasteiger partial charge in [-0.15, -0.1) is 5.10 Å². The van der Waals surface area contributed by atoms with Crippen molar-refractivity contribution in [2.45, 2.75) is 33.0 Å². The molecule has 0 unspecified atom stereocenters. The molecule has 0 amide bonds. The molecule has 0 saturated carbocycles. The molecule has 174 valence electrons. The molecule has 0 aliphatic heterocycles. The minimum absolute atomic E-state index is 0.0288. The number of aromatic nitrogens is 2. The summed E-state index contributed by atoms with van der Waals surface area (Å²) in [5, 5.41) is 20.4. The van der Waals surface area contributed by atoms with Gasteiger partial charge in [0.25, 0.3) is 0 Å². The molecule has 0 bridgehead atoms. The molecule has 0 saturated heterocycles. The van der Waals surface area contributed by atoms with E-state index in [1.165, 1.54) is 12.3 Å². The number of anilines is 1. The topological polar surface area (TPSA) is 75.1 Å². The van der Waals surface area contributed by atoms with Gasteiger partial charge in [0.1, 0.15) is 5.52 Å². The lowest BCUT2D eigenvalue weighted by Gasteiger charge is -2.14. The molecule has 0 aliphatic carbocycles. The summed E-state index contributed by atoms with van der Waals surface area (Å²) in [7, 11) is 0. The van der Waals surface area contributed by atoms with Crippen molar-refractivity contribution in [3.8, 4) is 11.1 Å².